The van der Waals surface area contributed by atoms with Crippen molar-refractivity contribution >= 4 is 5.97 Å². The number of nitrogens with zero attached hydrogens (tertiary/aromatic N) is 2. The van der Waals surface area contributed by atoms with E-state index in [2.05, 4.69) is 0 Å². The van der Waals surface area contributed by atoms with Gasteiger partial charge in [0.05, 0.1) is 16.7 Å². The molecule has 0 heterocycles. The quantitative estimate of drug-likeness (QED) is 0.687. The van der Waals surface area contributed by atoms with Crippen LogP contribution in [0.4, 0.5) is 0 Å². The van der Waals surface area contributed by atoms with Crippen LogP contribution in [0.3, 0.4) is 0 Å². The third kappa shape index (κ3) is 1.47. The van der Waals surface area contributed by atoms with E-state index in [1.54, 1.807) is 12.1 Å². The van der Waals surface area contributed by atoms with E-state index in [1.807, 2.05) is 0 Å². The summed E-state index contributed by atoms with van der Waals surface area (Å²) < 4.78 is 0. The van der Waals surface area contributed by atoms with Crippen LogP contribution in [0.2, 0.25) is 0 Å². The monoisotopic (exact) mass is 172 g/mol. The Morgan fingerprint density at radius 3 is 2.46 bits per heavy atom. The van der Waals surface area contributed by atoms with Gasteiger partial charge in [-0.15, -0.1) is 0 Å². The number of carboxylic acids is 1. The molecule has 4 nitrogen and oxygen atoms in total. The van der Waals surface area contributed by atoms with Crippen LogP contribution in [0.1, 0.15) is 21.5 Å². The molecule has 0 aliphatic rings. The molecule has 1 aromatic carbocycles. The van der Waals surface area contributed by atoms with Crippen LogP contribution in [0, 0.1) is 22.7 Å². The molecule has 0 aliphatic heterocycles. The number of rotatable bonds is 1. The molecule has 0 saturated heterocycles. The van der Waals surface area contributed by atoms with Crippen LogP contribution in [-0.4, -0.2) is 11.1 Å². The van der Waals surface area contributed by atoms with E-state index < -0.39 is 5.97 Å². The van der Waals surface area contributed by atoms with E-state index in [0.717, 1.165) is 0 Å². The lowest BCUT2D eigenvalue weighted by atomic mass is 10.0. The van der Waals surface area contributed by atoms with Crippen molar-refractivity contribution in [1.29, 1.82) is 10.5 Å². The molecule has 0 aliphatic carbocycles. The van der Waals surface area contributed by atoms with Crippen molar-refractivity contribution in [3.05, 3.63) is 34.9 Å². The van der Waals surface area contributed by atoms with Gasteiger partial charge in [0.15, 0.2) is 0 Å². The fourth-order valence-electron chi connectivity index (χ4n) is 0.944. The molecular weight excluding hydrogens is 168 g/mol. The zero-order valence-corrected chi connectivity index (χ0v) is 6.48. The minimum atomic E-state index is -1.20. The molecule has 1 aromatic rings. The van der Waals surface area contributed by atoms with Gasteiger partial charge in [-0.1, -0.05) is 6.07 Å². The summed E-state index contributed by atoms with van der Waals surface area (Å²) in [5, 5.41) is 25.8. The van der Waals surface area contributed by atoms with Crippen molar-refractivity contribution < 1.29 is 9.90 Å². The second kappa shape index (κ2) is 3.38. The molecule has 0 unspecified atom stereocenters. The second-order valence-electron chi connectivity index (χ2n) is 2.26. The lowest BCUT2D eigenvalue weighted by Crippen LogP contribution is -2.01. The molecule has 4 heteroatoms. The summed E-state index contributed by atoms with van der Waals surface area (Å²) >= 11 is 0. The fourth-order valence-corrected chi connectivity index (χ4v) is 0.944. The summed E-state index contributed by atoms with van der Waals surface area (Å²) in [7, 11) is 0. The Morgan fingerprint density at radius 2 is 2.00 bits per heavy atom. The topological polar surface area (TPSA) is 84.9 Å². The highest BCUT2D eigenvalue weighted by molar-refractivity contribution is 5.91. The molecule has 0 radical (unpaired) electrons. The van der Waals surface area contributed by atoms with Crippen LogP contribution in [-0.2, 0) is 0 Å². The Kier molecular flexibility index (Phi) is 2.28. The van der Waals surface area contributed by atoms with Gasteiger partial charge in [0.2, 0.25) is 0 Å². The number of carbonyl (C=O) groups is 1. The lowest BCUT2D eigenvalue weighted by Gasteiger charge is -1.98. The Hall–Kier alpha value is -2.33. The molecule has 0 aromatic heterocycles. The van der Waals surface area contributed by atoms with Crippen molar-refractivity contribution in [2.45, 2.75) is 0 Å². The standard InChI is InChI=1S/C9H4N2O2/c10-4-6-2-1-3-7(9(12)13)8(6)5-11/h1-3H,(H,12,13). The predicted molar refractivity (Wildman–Crippen MR) is 42.8 cm³/mol. The van der Waals surface area contributed by atoms with E-state index in [1.165, 1.54) is 18.2 Å². The van der Waals surface area contributed by atoms with Crippen molar-refractivity contribution in [2.24, 2.45) is 0 Å². The van der Waals surface area contributed by atoms with Gasteiger partial charge < -0.3 is 5.11 Å². The van der Waals surface area contributed by atoms with E-state index in [9.17, 15) is 4.79 Å². The van der Waals surface area contributed by atoms with E-state index in [0.29, 0.717) is 0 Å². The first-order valence-corrected chi connectivity index (χ1v) is 3.37. The van der Waals surface area contributed by atoms with Gasteiger partial charge in [0.25, 0.3) is 0 Å². The molecule has 0 saturated carbocycles. The van der Waals surface area contributed by atoms with Gasteiger partial charge in [-0.25, -0.2) is 4.79 Å². The first kappa shape index (κ1) is 8.76. The van der Waals surface area contributed by atoms with Gasteiger partial charge >= 0.3 is 5.97 Å². The zero-order chi connectivity index (χ0) is 9.84. The first-order valence-electron chi connectivity index (χ1n) is 3.37. The van der Waals surface area contributed by atoms with Crippen LogP contribution in [0.15, 0.2) is 18.2 Å². The molecule has 62 valence electrons. The van der Waals surface area contributed by atoms with Gasteiger partial charge in [0.1, 0.15) is 12.1 Å². The van der Waals surface area contributed by atoms with E-state index in [4.69, 9.17) is 15.6 Å². The highest BCUT2D eigenvalue weighted by atomic mass is 16.4. The highest BCUT2D eigenvalue weighted by Gasteiger charge is 2.12. The van der Waals surface area contributed by atoms with E-state index >= 15 is 0 Å². The zero-order valence-electron chi connectivity index (χ0n) is 6.48. The molecular formula is C9H4N2O2. The maximum absolute atomic E-state index is 10.6. The Labute approximate surface area is 74.3 Å². The average Bonchev–Trinajstić information content (AvgIpc) is 2.16. The first-order chi connectivity index (χ1) is 6.20. The number of benzene rings is 1. The maximum atomic E-state index is 10.6. The minimum absolute atomic E-state index is 0.0856. The molecule has 0 bridgehead atoms. The van der Waals surface area contributed by atoms with Crippen LogP contribution in [0.5, 0.6) is 0 Å². The van der Waals surface area contributed by atoms with Gasteiger partial charge in [-0.05, 0) is 12.1 Å². The SMILES string of the molecule is N#Cc1cccc(C(=O)O)c1C#N. The molecule has 0 spiro atoms. The van der Waals surface area contributed by atoms with E-state index in [-0.39, 0.29) is 16.7 Å². The summed E-state index contributed by atoms with van der Waals surface area (Å²) in [6.45, 7) is 0. The van der Waals surface area contributed by atoms with Gasteiger partial charge in [-0.2, -0.15) is 10.5 Å². The maximum Gasteiger partial charge on any atom is 0.337 e. The molecule has 1 N–H and O–H groups in total. The second-order valence-corrected chi connectivity index (χ2v) is 2.26. The molecule has 13 heavy (non-hydrogen) atoms. The number of nitriles is 2. The van der Waals surface area contributed by atoms with Crippen molar-refractivity contribution in [3.63, 3.8) is 0 Å². The number of hydrogen-bond donors (Lipinski definition) is 1. The molecule has 0 atom stereocenters. The van der Waals surface area contributed by atoms with Crippen LogP contribution in [0.25, 0.3) is 0 Å². The van der Waals surface area contributed by atoms with Gasteiger partial charge in [0, 0.05) is 0 Å². The van der Waals surface area contributed by atoms with Crippen LogP contribution < -0.4 is 0 Å². The summed E-state index contributed by atoms with van der Waals surface area (Å²) in [6.07, 6.45) is 0. The summed E-state index contributed by atoms with van der Waals surface area (Å²) in [5.74, 6) is -1.20. The summed E-state index contributed by atoms with van der Waals surface area (Å²) in [4.78, 5) is 10.6. The molecule has 0 fully saturated rings. The number of hydrogen-bond acceptors (Lipinski definition) is 3. The normalized spacial score (nSPS) is 8.46. The smallest absolute Gasteiger partial charge is 0.337 e. The number of aromatic carboxylic acids is 1. The summed E-state index contributed by atoms with van der Waals surface area (Å²) in [5.41, 5.74) is -0.138. The predicted octanol–water partition coefficient (Wildman–Crippen LogP) is 1.13. The Balaban J connectivity index is 3.49. The highest BCUT2D eigenvalue weighted by Crippen LogP contribution is 2.12. The van der Waals surface area contributed by atoms with Crippen molar-refractivity contribution in [2.75, 3.05) is 0 Å². The third-order valence-corrected chi connectivity index (χ3v) is 1.53. The number of carboxylic acid groups (broad SMARTS) is 1. The summed E-state index contributed by atoms with van der Waals surface area (Å²) in [6, 6.07) is 7.58. The minimum Gasteiger partial charge on any atom is -0.478 e. The van der Waals surface area contributed by atoms with Crippen molar-refractivity contribution in [1.82, 2.24) is 0 Å². The largest absolute Gasteiger partial charge is 0.478 e. The van der Waals surface area contributed by atoms with Crippen molar-refractivity contribution in [3.8, 4) is 12.1 Å². The Bertz CT molecular complexity index is 438. The van der Waals surface area contributed by atoms with Gasteiger partial charge in [-0.3, -0.25) is 0 Å². The average molecular weight is 172 g/mol. The Morgan fingerprint density at radius 1 is 1.31 bits per heavy atom. The lowest BCUT2D eigenvalue weighted by molar-refractivity contribution is 0.0696. The molecule has 1 rings (SSSR count). The fraction of sp³-hybridized carbons (Fsp3) is 0. The van der Waals surface area contributed by atoms with Crippen LogP contribution >= 0.6 is 0 Å². The third-order valence-electron chi connectivity index (χ3n) is 1.53. The molecule has 0 amide bonds.